The average molecular weight is 230 g/mol. The van der Waals surface area contributed by atoms with E-state index in [9.17, 15) is 4.79 Å². The van der Waals surface area contributed by atoms with Crippen LogP contribution in [0.15, 0.2) is 23.8 Å². The molecule has 1 aliphatic heterocycles. The molecule has 0 radical (unpaired) electrons. The second-order valence-electron chi connectivity index (χ2n) is 4.43. The van der Waals surface area contributed by atoms with Gasteiger partial charge in [0, 0.05) is 12.5 Å². The SMILES string of the molecule is NC(=O)c1nc2n(n1)CCC2C1=CC=CCC1. The van der Waals surface area contributed by atoms with E-state index in [4.69, 9.17) is 5.73 Å². The lowest BCUT2D eigenvalue weighted by atomic mass is 9.90. The molecule has 0 saturated carbocycles. The summed E-state index contributed by atoms with van der Waals surface area (Å²) in [4.78, 5) is 15.3. The molecule has 3 rings (SSSR count). The van der Waals surface area contributed by atoms with Crippen LogP contribution in [0.2, 0.25) is 0 Å². The Morgan fingerprint density at radius 3 is 3.12 bits per heavy atom. The molecule has 0 spiro atoms. The van der Waals surface area contributed by atoms with Crippen LogP contribution >= 0.6 is 0 Å². The Balaban J connectivity index is 1.95. The number of primary amides is 1. The summed E-state index contributed by atoms with van der Waals surface area (Å²) < 4.78 is 1.81. The first-order valence-electron chi connectivity index (χ1n) is 5.86. The van der Waals surface area contributed by atoms with E-state index in [0.717, 1.165) is 31.6 Å². The van der Waals surface area contributed by atoms with E-state index in [1.54, 1.807) is 0 Å². The van der Waals surface area contributed by atoms with Gasteiger partial charge in [-0.1, -0.05) is 23.8 Å². The van der Waals surface area contributed by atoms with Gasteiger partial charge in [0.1, 0.15) is 5.82 Å². The molecule has 1 amide bonds. The van der Waals surface area contributed by atoms with Gasteiger partial charge in [-0.2, -0.15) is 0 Å². The number of allylic oxidation sites excluding steroid dienone is 4. The predicted octanol–water partition coefficient (Wildman–Crippen LogP) is 1.14. The third kappa shape index (κ3) is 1.67. The van der Waals surface area contributed by atoms with Gasteiger partial charge in [-0.15, -0.1) is 5.10 Å². The number of nitrogens with two attached hydrogens (primary N) is 1. The zero-order valence-electron chi connectivity index (χ0n) is 9.47. The number of carbonyl (C=O) groups is 1. The normalized spacial score (nSPS) is 22.4. The summed E-state index contributed by atoms with van der Waals surface area (Å²) in [6.07, 6.45) is 9.58. The van der Waals surface area contributed by atoms with Crippen molar-refractivity contribution in [1.29, 1.82) is 0 Å². The van der Waals surface area contributed by atoms with Crippen molar-refractivity contribution in [2.75, 3.05) is 0 Å². The molecule has 0 fully saturated rings. The monoisotopic (exact) mass is 230 g/mol. The largest absolute Gasteiger partial charge is 0.363 e. The molecule has 5 nitrogen and oxygen atoms in total. The van der Waals surface area contributed by atoms with Crippen LogP contribution in [0, 0.1) is 0 Å². The predicted molar refractivity (Wildman–Crippen MR) is 62.4 cm³/mol. The van der Waals surface area contributed by atoms with Crippen molar-refractivity contribution in [3.63, 3.8) is 0 Å². The van der Waals surface area contributed by atoms with Crippen molar-refractivity contribution in [3.05, 3.63) is 35.4 Å². The van der Waals surface area contributed by atoms with Gasteiger partial charge in [-0.25, -0.2) is 9.67 Å². The first kappa shape index (κ1) is 10.3. The smallest absolute Gasteiger partial charge is 0.288 e. The standard InChI is InChI=1S/C12H14N4O/c13-10(17)11-14-12-9(6-7-16(12)15-11)8-4-2-1-3-5-8/h1-2,4,9H,3,5-7H2,(H2,13,17). The summed E-state index contributed by atoms with van der Waals surface area (Å²) in [7, 11) is 0. The maximum absolute atomic E-state index is 11.0. The molecule has 1 aliphatic carbocycles. The quantitative estimate of drug-likeness (QED) is 0.827. The number of aromatic nitrogens is 3. The lowest BCUT2D eigenvalue weighted by Gasteiger charge is -2.14. The molecular weight excluding hydrogens is 216 g/mol. The fourth-order valence-electron chi connectivity index (χ4n) is 2.52. The van der Waals surface area contributed by atoms with E-state index >= 15 is 0 Å². The molecule has 5 heteroatoms. The molecule has 17 heavy (non-hydrogen) atoms. The molecule has 88 valence electrons. The lowest BCUT2D eigenvalue weighted by molar-refractivity contribution is 0.0990. The van der Waals surface area contributed by atoms with Crippen LogP contribution in [-0.2, 0) is 6.54 Å². The maximum Gasteiger partial charge on any atom is 0.288 e. The minimum Gasteiger partial charge on any atom is -0.363 e. The summed E-state index contributed by atoms with van der Waals surface area (Å²) in [5, 5.41) is 4.12. The van der Waals surface area contributed by atoms with Crippen molar-refractivity contribution in [2.45, 2.75) is 31.7 Å². The highest BCUT2D eigenvalue weighted by Gasteiger charge is 2.30. The Morgan fingerprint density at radius 1 is 1.53 bits per heavy atom. The van der Waals surface area contributed by atoms with E-state index in [1.807, 2.05) is 4.68 Å². The first-order chi connectivity index (χ1) is 8.25. The molecule has 2 N–H and O–H groups in total. The molecule has 1 aromatic rings. The van der Waals surface area contributed by atoms with Crippen LogP contribution in [-0.4, -0.2) is 20.7 Å². The number of aryl methyl sites for hydroxylation is 1. The van der Waals surface area contributed by atoms with E-state index in [1.165, 1.54) is 5.57 Å². The van der Waals surface area contributed by atoms with Gasteiger partial charge in [0.2, 0.25) is 5.82 Å². The van der Waals surface area contributed by atoms with Crippen molar-refractivity contribution in [2.24, 2.45) is 5.73 Å². The molecule has 2 heterocycles. The van der Waals surface area contributed by atoms with Crippen LogP contribution in [0.5, 0.6) is 0 Å². The highest BCUT2D eigenvalue weighted by molar-refractivity contribution is 5.88. The Labute approximate surface area is 99.0 Å². The Morgan fingerprint density at radius 2 is 2.41 bits per heavy atom. The van der Waals surface area contributed by atoms with Crippen LogP contribution in [0.4, 0.5) is 0 Å². The van der Waals surface area contributed by atoms with Crippen molar-refractivity contribution in [1.82, 2.24) is 14.8 Å². The van der Waals surface area contributed by atoms with Gasteiger partial charge in [0.05, 0.1) is 0 Å². The molecule has 1 unspecified atom stereocenters. The Kier molecular flexibility index (Phi) is 2.31. The zero-order chi connectivity index (χ0) is 11.8. The van der Waals surface area contributed by atoms with Crippen LogP contribution in [0.1, 0.15) is 41.6 Å². The number of carbonyl (C=O) groups excluding carboxylic acids is 1. The maximum atomic E-state index is 11.0. The second kappa shape index (κ2) is 3.84. The van der Waals surface area contributed by atoms with Gasteiger partial charge in [0.25, 0.3) is 5.91 Å². The van der Waals surface area contributed by atoms with Gasteiger partial charge >= 0.3 is 0 Å². The van der Waals surface area contributed by atoms with E-state index in [2.05, 4.69) is 28.3 Å². The number of hydrogen-bond donors (Lipinski definition) is 1. The molecule has 2 aliphatic rings. The van der Waals surface area contributed by atoms with E-state index in [0.29, 0.717) is 5.92 Å². The number of nitrogens with zero attached hydrogens (tertiary/aromatic N) is 3. The summed E-state index contributed by atoms with van der Waals surface area (Å²) >= 11 is 0. The number of fused-ring (bicyclic) bond motifs is 1. The summed E-state index contributed by atoms with van der Waals surface area (Å²) in [6.45, 7) is 0.821. The van der Waals surface area contributed by atoms with Gasteiger partial charge in [-0.3, -0.25) is 4.79 Å². The summed E-state index contributed by atoms with van der Waals surface area (Å²) in [5.41, 5.74) is 6.58. The highest BCUT2D eigenvalue weighted by atomic mass is 16.1. The van der Waals surface area contributed by atoms with Gasteiger partial charge in [-0.05, 0) is 19.3 Å². The third-order valence-corrected chi connectivity index (χ3v) is 3.36. The number of rotatable bonds is 2. The van der Waals surface area contributed by atoms with Gasteiger partial charge in [0.15, 0.2) is 0 Å². The molecule has 1 atom stereocenters. The Bertz CT molecular complexity index is 527. The molecule has 0 aromatic carbocycles. The van der Waals surface area contributed by atoms with Crippen LogP contribution < -0.4 is 5.73 Å². The van der Waals surface area contributed by atoms with Crippen molar-refractivity contribution >= 4 is 5.91 Å². The molecule has 1 aromatic heterocycles. The van der Waals surface area contributed by atoms with Crippen LogP contribution in [0.25, 0.3) is 0 Å². The minimum atomic E-state index is -0.553. The second-order valence-corrected chi connectivity index (χ2v) is 4.43. The van der Waals surface area contributed by atoms with E-state index in [-0.39, 0.29) is 5.82 Å². The van der Waals surface area contributed by atoms with E-state index < -0.39 is 5.91 Å². The minimum absolute atomic E-state index is 0.136. The van der Waals surface area contributed by atoms with Crippen molar-refractivity contribution in [3.8, 4) is 0 Å². The highest BCUT2D eigenvalue weighted by Crippen LogP contribution is 2.36. The summed E-state index contributed by atoms with van der Waals surface area (Å²) in [6, 6.07) is 0. The number of hydrogen-bond acceptors (Lipinski definition) is 3. The average Bonchev–Trinajstić information content (AvgIpc) is 2.89. The lowest BCUT2D eigenvalue weighted by Crippen LogP contribution is -2.14. The summed E-state index contributed by atoms with van der Waals surface area (Å²) in [5.74, 6) is 0.778. The number of amides is 1. The Hall–Kier alpha value is -1.91. The van der Waals surface area contributed by atoms with Crippen molar-refractivity contribution < 1.29 is 4.79 Å². The topological polar surface area (TPSA) is 73.8 Å². The third-order valence-electron chi connectivity index (χ3n) is 3.36. The van der Waals surface area contributed by atoms with Gasteiger partial charge < -0.3 is 5.73 Å². The van der Waals surface area contributed by atoms with Crippen LogP contribution in [0.3, 0.4) is 0 Å². The molecular formula is C12H14N4O. The zero-order valence-corrected chi connectivity index (χ0v) is 9.47. The fraction of sp³-hybridized carbons (Fsp3) is 0.417. The molecule has 0 saturated heterocycles. The molecule has 0 bridgehead atoms. The fourth-order valence-corrected chi connectivity index (χ4v) is 2.52. The first-order valence-corrected chi connectivity index (χ1v) is 5.86.